The molecule has 2 aromatic carbocycles. The maximum absolute atomic E-state index is 6.22. The molecule has 1 unspecified atom stereocenters. The fourth-order valence-corrected chi connectivity index (χ4v) is 2.33. The first-order valence-electron chi connectivity index (χ1n) is 7.81. The molecular weight excluding hydrogens is 258 g/mol. The molecule has 1 atom stereocenters. The molecule has 0 bridgehead atoms. The van der Waals surface area contributed by atoms with Gasteiger partial charge in [0.25, 0.3) is 0 Å². The van der Waals surface area contributed by atoms with Gasteiger partial charge in [-0.15, -0.1) is 0 Å². The summed E-state index contributed by atoms with van der Waals surface area (Å²) >= 11 is 0. The topological polar surface area (TPSA) is 21.3 Å². The molecule has 0 saturated carbocycles. The summed E-state index contributed by atoms with van der Waals surface area (Å²) in [5, 5.41) is 3.36. The third-order valence-corrected chi connectivity index (χ3v) is 3.82. The molecule has 0 radical (unpaired) electrons. The maximum Gasteiger partial charge on any atom is 0.131 e. The lowest BCUT2D eigenvalue weighted by Crippen LogP contribution is -2.12. The molecule has 0 spiro atoms. The zero-order chi connectivity index (χ0) is 15.1. The number of benzene rings is 2. The van der Waals surface area contributed by atoms with E-state index >= 15 is 0 Å². The van der Waals surface area contributed by atoms with Crippen LogP contribution >= 0.6 is 0 Å². The van der Waals surface area contributed by atoms with Crippen LogP contribution in [-0.2, 0) is 6.54 Å². The normalized spacial score (nSPS) is 12.1. The van der Waals surface area contributed by atoms with E-state index in [1.165, 1.54) is 11.1 Å². The summed E-state index contributed by atoms with van der Waals surface area (Å²) in [4.78, 5) is 0. The van der Waals surface area contributed by atoms with Crippen molar-refractivity contribution in [2.45, 2.75) is 39.7 Å². The van der Waals surface area contributed by atoms with Crippen molar-refractivity contribution in [3.63, 3.8) is 0 Å². The van der Waals surface area contributed by atoms with Crippen molar-refractivity contribution >= 4 is 0 Å². The van der Waals surface area contributed by atoms with Crippen LogP contribution in [-0.4, -0.2) is 6.54 Å². The van der Waals surface area contributed by atoms with Crippen molar-refractivity contribution in [3.8, 4) is 11.5 Å². The van der Waals surface area contributed by atoms with Crippen LogP contribution in [0.2, 0.25) is 0 Å². The van der Waals surface area contributed by atoms with Gasteiger partial charge in [-0.3, -0.25) is 0 Å². The van der Waals surface area contributed by atoms with Gasteiger partial charge >= 0.3 is 0 Å². The van der Waals surface area contributed by atoms with E-state index in [-0.39, 0.29) is 0 Å². The largest absolute Gasteiger partial charge is 0.457 e. The summed E-state index contributed by atoms with van der Waals surface area (Å²) in [6.45, 7) is 8.35. The predicted octanol–water partition coefficient (Wildman–Crippen LogP) is 5.10. The van der Waals surface area contributed by atoms with Crippen molar-refractivity contribution in [3.05, 3.63) is 59.7 Å². The van der Waals surface area contributed by atoms with E-state index in [1.54, 1.807) is 0 Å². The first-order valence-corrected chi connectivity index (χ1v) is 7.81. The summed E-state index contributed by atoms with van der Waals surface area (Å²) in [7, 11) is 0. The maximum atomic E-state index is 6.22. The Morgan fingerprint density at radius 1 is 0.952 bits per heavy atom. The molecule has 1 N–H and O–H groups in total. The predicted molar refractivity (Wildman–Crippen MR) is 89.0 cm³/mol. The van der Waals surface area contributed by atoms with Crippen molar-refractivity contribution in [1.29, 1.82) is 0 Å². The standard InChI is InChI=1S/C19H25NO/c1-4-15(3)17-11-7-9-13-19(17)21-18-12-8-6-10-16(18)14-20-5-2/h6-13,15,20H,4-5,14H2,1-3H3. The van der Waals surface area contributed by atoms with Gasteiger partial charge in [-0.25, -0.2) is 0 Å². The molecule has 21 heavy (non-hydrogen) atoms. The number of hydrogen-bond acceptors (Lipinski definition) is 2. The third kappa shape index (κ3) is 4.08. The zero-order valence-electron chi connectivity index (χ0n) is 13.2. The highest BCUT2D eigenvalue weighted by molar-refractivity contribution is 5.42. The lowest BCUT2D eigenvalue weighted by atomic mass is 9.98. The van der Waals surface area contributed by atoms with Gasteiger partial charge in [0.2, 0.25) is 0 Å². The smallest absolute Gasteiger partial charge is 0.131 e. The SMILES string of the molecule is CCNCc1ccccc1Oc1ccccc1C(C)CC. The minimum Gasteiger partial charge on any atom is -0.457 e. The quantitative estimate of drug-likeness (QED) is 0.763. The monoisotopic (exact) mass is 283 g/mol. The van der Waals surface area contributed by atoms with Crippen molar-refractivity contribution in [1.82, 2.24) is 5.32 Å². The summed E-state index contributed by atoms with van der Waals surface area (Å²) in [5.74, 6) is 2.41. The van der Waals surface area contributed by atoms with Crippen LogP contribution in [0.5, 0.6) is 11.5 Å². The summed E-state index contributed by atoms with van der Waals surface area (Å²) < 4.78 is 6.22. The Labute approximate surface area is 128 Å². The molecule has 0 fully saturated rings. The van der Waals surface area contributed by atoms with Gasteiger partial charge in [0.05, 0.1) is 0 Å². The molecule has 0 aliphatic heterocycles. The minimum atomic E-state index is 0.502. The second-order valence-corrected chi connectivity index (χ2v) is 5.34. The van der Waals surface area contributed by atoms with Gasteiger partial charge < -0.3 is 10.1 Å². The minimum absolute atomic E-state index is 0.502. The van der Waals surface area contributed by atoms with Gasteiger partial charge in [0.15, 0.2) is 0 Å². The zero-order valence-corrected chi connectivity index (χ0v) is 13.2. The third-order valence-electron chi connectivity index (χ3n) is 3.82. The Balaban J connectivity index is 2.26. The van der Waals surface area contributed by atoms with Gasteiger partial charge in [-0.05, 0) is 36.6 Å². The average molecular weight is 283 g/mol. The summed E-state index contributed by atoms with van der Waals surface area (Å²) in [6, 6.07) is 16.6. The molecule has 0 heterocycles. The van der Waals surface area contributed by atoms with Gasteiger partial charge in [0.1, 0.15) is 11.5 Å². The molecule has 0 amide bonds. The molecule has 0 saturated heterocycles. The second-order valence-electron chi connectivity index (χ2n) is 5.34. The van der Waals surface area contributed by atoms with E-state index in [9.17, 15) is 0 Å². The fourth-order valence-electron chi connectivity index (χ4n) is 2.33. The Morgan fingerprint density at radius 3 is 2.33 bits per heavy atom. The van der Waals surface area contributed by atoms with Crippen molar-refractivity contribution < 1.29 is 4.74 Å². The lowest BCUT2D eigenvalue weighted by molar-refractivity contribution is 0.462. The molecule has 0 aliphatic carbocycles. The lowest BCUT2D eigenvalue weighted by Gasteiger charge is -2.17. The van der Waals surface area contributed by atoms with E-state index in [4.69, 9.17) is 4.74 Å². The van der Waals surface area contributed by atoms with Crippen LogP contribution in [0, 0.1) is 0 Å². The highest BCUT2D eigenvalue weighted by Gasteiger charge is 2.11. The van der Waals surface area contributed by atoms with Crippen LogP contribution < -0.4 is 10.1 Å². The molecule has 2 aromatic rings. The Morgan fingerprint density at radius 2 is 1.62 bits per heavy atom. The molecule has 2 rings (SSSR count). The number of hydrogen-bond donors (Lipinski definition) is 1. The number of nitrogens with one attached hydrogen (secondary N) is 1. The first-order chi connectivity index (χ1) is 10.3. The highest BCUT2D eigenvalue weighted by atomic mass is 16.5. The van der Waals surface area contributed by atoms with Crippen molar-refractivity contribution in [2.75, 3.05) is 6.54 Å². The molecule has 0 aromatic heterocycles. The van der Waals surface area contributed by atoms with E-state index in [1.807, 2.05) is 18.2 Å². The van der Waals surface area contributed by atoms with Crippen LogP contribution in [0.3, 0.4) is 0 Å². The van der Waals surface area contributed by atoms with E-state index in [0.717, 1.165) is 31.0 Å². The average Bonchev–Trinajstić information content (AvgIpc) is 2.54. The second kappa shape index (κ2) is 7.84. The van der Waals surface area contributed by atoms with E-state index in [0.29, 0.717) is 5.92 Å². The summed E-state index contributed by atoms with van der Waals surface area (Å²) in [5.41, 5.74) is 2.47. The number of ether oxygens (including phenoxy) is 1. The molecule has 0 aliphatic rings. The number of para-hydroxylation sites is 2. The molecule has 2 nitrogen and oxygen atoms in total. The van der Waals surface area contributed by atoms with Gasteiger partial charge in [-0.2, -0.15) is 0 Å². The van der Waals surface area contributed by atoms with E-state index in [2.05, 4.69) is 56.4 Å². The molecule has 2 heteroatoms. The van der Waals surface area contributed by atoms with Crippen LogP contribution in [0.25, 0.3) is 0 Å². The first kappa shape index (κ1) is 15.6. The van der Waals surface area contributed by atoms with Crippen LogP contribution in [0.4, 0.5) is 0 Å². The summed E-state index contributed by atoms with van der Waals surface area (Å²) in [6.07, 6.45) is 1.11. The van der Waals surface area contributed by atoms with Gasteiger partial charge in [-0.1, -0.05) is 57.2 Å². The molecular formula is C19H25NO. The highest BCUT2D eigenvalue weighted by Crippen LogP contribution is 2.33. The van der Waals surface area contributed by atoms with E-state index < -0.39 is 0 Å². The van der Waals surface area contributed by atoms with Crippen LogP contribution in [0.15, 0.2) is 48.5 Å². The Bertz CT molecular complexity index is 565. The Kier molecular flexibility index (Phi) is 5.82. The number of rotatable bonds is 7. The Hall–Kier alpha value is -1.80. The fraction of sp³-hybridized carbons (Fsp3) is 0.368. The molecule has 112 valence electrons. The van der Waals surface area contributed by atoms with Crippen LogP contribution in [0.1, 0.15) is 44.2 Å². The van der Waals surface area contributed by atoms with Gasteiger partial charge in [0, 0.05) is 12.1 Å². The van der Waals surface area contributed by atoms with Crippen molar-refractivity contribution in [2.24, 2.45) is 0 Å².